The van der Waals surface area contributed by atoms with Crippen molar-refractivity contribution in [2.24, 2.45) is 0 Å². The molecular weight excluding hydrogens is 905 g/mol. The van der Waals surface area contributed by atoms with Gasteiger partial charge in [-0.15, -0.1) is 0 Å². The molecule has 0 N–H and O–H groups in total. The molecule has 12 rings (SSSR count). The average Bonchev–Trinajstić information content (AvgIpc) is 3.96. The zero-order valence-corrected chi connectivity index (χ0v) is 40.1. The van der Waals surface area contributed by atoms with Crippen molar-refractivity contribution in [3.8, 4) is 97.4 Å². The van der Waals surface area contributed by atoms with Gasteiger partial charge >= 0.3 is 0 Å². The van der Waals surface area contributed by atoms with Gasteiger partial charge in [0.25, 0.3) is 0 Å². The van der Waals surface area contributed by atoms with Crippen LogP contribution in [0.4, 0.5) is 0 Å². The summed E-state index contributed by atoms with van der Waals surface area (Å²) < 4.78 is 4.47. The first-order valence-corrected chi connectivity index (χ1v) is 24.0. The van der Waals surface area contributed by atoms with E-state index in [0.717, 1.165) is 111 Å². The van der Waals surface area contributed by atoms with Crippen molar-refractivity contribution in [3.63, 3.8) is 0 Å². The van der Waals surface area contributed by atoms with Gasteiger partial charge < -0.3 is 9.13 Å². The number of aromatic nitrogens is 3. The average molecular weight is 943 g/mol. The molecule has 8 heteroatoms. The summed E-state index contributed by atoms with van der Waals surface area (Å²) in [6.45, 7) is 3.91. The van der Waals surface area contributed by atoms with E-state index in [2.05, 4.69) is 106 Å². The molecule has 0 amide bonds. The summed E-state index contributed by atoms with van der Waals surface area (Å²) in [4.78, 5) is 4.71. The van der Waals surface area contributed by atoms with Crippen LogP contribution in [0.2, 0.25) is 0 Å². The van der Waals surface area contributed by atoms with Crippen molar-refractivity contribution in [1.29, 1.82) is 26.3 Å². The largest absolute Gasteiger partial charge is 0.307 e. The second kappa shape index (κ2) is 17.9. The van der Waals surface area contributed by atoms with Crippen LogP contribution in [-0.4, -0.2) is 14.1 Å². The van der Waals surface area contributed by atoms with E-state index in [1.54, 1.807) is 0 Å². The molecule has 0 spiro atoms. The van der Waals surface area contributed by atoms with E-state index in [1.807, 2.05) is 141 Å². The summed E-state index contributed by atoms with van der Waals surface area (Å²) in [5.41, 5.74) is 17.1. The number of hydrogen-bond acceptors (Lipinski definition) is 6. The number of benzene rings is 9. The van der Waals surface area contributed by atoms with E-state index in [4.69, 9.17) is 4.98 Å². The van der Waals surface area contributed by atoms with Crippen LogP contribution in [0.3, 0.4) is 0 Å². The van der Waals surface area contributed by atoms with E-state index >= 15 is 0 Å². The first kappa shape index (κ1) is 44.4. The smallest absolute Gasteiger partial charge is 0.0998 e. The first-order valence-electron chi connectivity index (χ1n) is 24.0. The molecule has 3 heterocycles. The SMILES string of the molecule is Cc1cc(-c2cc(-n3c4cc(-c5ccccc5C#N)ccc4c4ccc(-c5ccccc5C#N)cc43)c(-n3c4cc(-c5ccccc5C#N)ccc4c4ccc(-c5ccccc5C#N)cc43)cc2C#N)cc(C)n1. The summed E-state index contributed by atoms with van der Waals surface area (Å²) in [6.07, 6.45) is 0. The number of nitrogens with zero attached hydrogens (tertiary/aromatic N) is 8. The van der Waals surface area contributed by atoms with Gasteiger partial charge in [0.2, 0.25) is 0 Å². The fourth-order valence-corrected chi connectivity index (χ4v) is 10.8. The van der Waals surface area contributed by atoms with Crippen LogP contribution in [0.15, 0.2) is 194 Å². The van der Waals surface area contributed by atoms with E-state index in [0.29, 0.717) is 39.1 Å². The minimum Gasteiger partial charge on any atom is -0.307 e. The molecule has 0 saturated carbocycles. The van der Waals surface area contributed by atoms with Crippen LogP contribution in [0.25, 0.3) is 111 Å². The molecule has 0 unspecified atom stereocenters. The number of aryl methyl sites for hydroxylation is 2. The maximum atomic E-state index is 11.4. The Morgan fingerprint density at radius 3 is 0.905 bits per heavy atom. The van der Waals surface area contributed by atoms with Crippen molar-refractivity contribution in [2.45, 2.75) is 13.8 Å². The lowest BCUT2D eigenvalue weighted by Crippen LogP contribution is -2.06. The Morgan fingerprint density at radius 1 is 0.297 bits per heavy atom. The minimum absolute atomic E-state index is 0.439. The zero-order chi connectivity index (χ0) is 50.6. The molecule has 12 aromatic rings. The summed E-state index contributed by atoms with van der Waals surface area (Å²) in [5.74, 6) is 0. The van der Waals surface area contributed by atoms with Gasteiger partial charge in [-0.3, -0.25) is 4.98 Å². The maximum absolute atomic E-state index is 11.4. The highest BCUT2D eigenvalue weighted by molar-refractivity contribution is 6.14. The molecule has 0 radical (unpaired) electrons. The first-order chi connectivity index (χ1) is 36.3. The van der Waals surface area contributed by atoms with E-state index in [-0.39, 0.29) is 0 Å². The topological polar surface area (TPSA) is 142 Å². The number of hydrogen-bond donors (Lipinski definition) is 0. The molecule has 0 aliphatic heterocycles. The van der Waals surface area contributed by atoms with Gasteiger partial charge in [0.1, 0.15) is 0 Å². The lowest BCUT2D eigenvalue weighted by atomic mass is 9.97. The molecule has 0 atom stereocenters. The van der Waals surface area contributed by atoms with E-state index < -0.39 is 0 Å². The van der Waals surface area contributed by atoms with Gasteiger partial charge in [-0.1, -0.05) is 121 Å². The Hall–Kier alpha value is -10.8. The van der Waals surface area contributed by atoms with Gasteiger partial charge in [-0.25, -0.2) is 0 Å². The Labute approximate surface area is 426 Å². The van der Waals surface area contributed by atoms with Crippen LogP contribution in [0.5, 0.6) is 0 Å². The molecule has 0 bridgehead atoms. The molecule has 0 aliphatic carbocycles. The van der Waals surface area contributed by atoms with E-state index in [1.165, 1.54) is 0 Å². The van der Waals surface area contributed by atoms with Gasteiger partial charge in [-0.05, 0) is 137 Å². The number of rotatable bonds is 7. The van der Waals surface area contributed by atoms with Crippen molar-refractivity contribution < 1.29 is 0 Å². The molecule has 0 fully saturated rings. The van der Waals surface area contributed by atoms with Crippen LogP contribution in [-0.2, 0) is 0 Å². The van der Waals surface area contributed by atoms with Crippen molar-refractivity contribution >= 4 is 43.6 Å². The highest BCUT2D eigenvalue weighted by Crippen LogP contribution is 2.45. The predicted octanol–water partition coefficient (Wildman–Crippen LogP) is 15.6. The Bertz CT molecular complexity index is 4340. The van der Waals surface area contributed by atoms with Gasteiger partial charge in [0, 0.05) is 38.5 Å². The fourth-order valence-electron chi connectivity index (χ4n) is 10.8. The lowest BCUT2D eigenvalue weighted by Gasteiger charge is -2.20. The van der Waals surface area contributed by atoms with Crippen molar-refractivity contribution in [3.05, 3.63) is 233 Å². The van der Waals surface area contributed by atoms with Crippen LogP contribution in [0, 0.1) is 70.5 Å². The van der Waals surface area contributed by atoms with Gasteiger partial charge in [-0.2, -0.15) is 26.3 Å². The molecular formula is C66H38N8. The Kier molecular flexibility index (Phi) is 10.7. The summed E-state index contributed by atoms with van der Waals surface area (Å²) in [7, 11) is 0. The third-order valence-electron chi connectivity index (χ3n) is 14.1. The summed E-state index contributed by atoms with van der Waals surface area (Å²) >= 11 is 0. The normalized spacial score (nSPS) is 11.0. The highest BCUT2D eigenvalue weighted by Gasteiger charge is 2.25. The van der Waals surface area contributed by atoms with E-state index in [9.17, 15) is 26.3 Å². The number of pyridine rings is 1. The van der Waals surface area contributed by atoms with Crippen LogP contribution < -0.4 is 0 Å². The van der Waals surface area contributed by atoms with Crippen molar-refractivity contribution in [1.82, 2.24) is 14.1 Å². The summed E-state index contributed by atoms with van der Waals surface area (Å²) in [5, 5.41) is 56.6. The second-order valence-electron chi connectivity index (χ2n) is 18.4. The van der Waals surface area contributed by atoms with Gasteiger partial charge in [0.05, 0.1) is 91.6 Å². The maximum Gasteiger partial charge on any atom is 0.0998 e. The molecule has 342 valence electrons. The predicted molar refractivity (Wildman–Crippen MR) is 293 cm³/mol. The highest BCUT2D eigenvalue weighted by atomic mass is 15.1. The molecule has 9 aromatic carbocycles. The van der Waals surface area contributed by atoms with Crippen LogP contribution in [0.1, 0.15) is 39.2 Å². The molecule has 74 heavy (non-hydrogen) atoms. The molecule has 0 aliphatic rings. The standard InChI is InChI=1S/C66H38N8/c1-40-27-50(28-41(2)72-40)60-34-66(74-63-31-44(54-17-9-5-13-48(54)37-69)21-25-58(63)59-26-22-45(32-64(59)74)55-18-10-6-14-49(55)38-70)65(33-51(60)39-71)73-61-29-42(52-15-7-3-11-46(52)35-67)19-23-56(61)57-24-20-43(30-62(57)73)53-16-8-4-12-47(53)36-68/h3-34H,1-2H3. The lowest BCUT2D eigenvalue weighted by molar-refractivity contribution is 1.09. The molecule has 8 nitrogen and oxygen atoms in total. The van der Waals surface area contributed by atoms with Crippen molar-refractivity contribution in [2.75, 3.05) is 0 Å². The Morgan fingerprint density at radius 2 is 0.595 bits per heavy atom. The molecule has 0 saturated heterocycles. The number of nitriles is 5. The minimum atomic E-state index is 0.439. The Balaban J connectivity index is 1.28. The fraction of sp³-hybridized carbons (Fsp3) is 0.0303. The van der Waals surface area contributed by atoms with Crippen LogP contribution >= 0.6 is 0 Å². The zero-order valence-electron chi connectivity index (χ0n) is 40.1. The summed E-state index contributed by atoms with van der Waals surface area (Å²) in [6, 6.07) is 75.7. The number of fused-ring (bicyclic) bond motifs is 6. The monoisotopic (exact) mass is 942 g/mol. The second-order valence-corrected chi connectivity index (χ2v) is 18.4. The third-order valence-corrected chi connectivity index (χ3v) is 14.1. The quantitative estimate of drug-likeness (QED) is 0.156. The third kappa shape index (κ3) is 7.22. The van der Waals surface area contributed by atoms with Gasteiger partial charge in [0.15, 0.2) is 0 Å². The molecule has 3 aromatic heterocycles.